The van der Waals surface area contributed by atoms with Crippen LogP contribution in [0.4, 0.5) is 0 Å². The van der Waals surface area contributed by atoms with Crippen LogP contribution < -0.4 is 0 Å². The van der Waals surface area contributed by atoms with Crippen LogP contribution >= 0.6 is 0 Å². The summed E-state index contributed by atoms with van der Waals surface area (Å²) in [4.78, 5) is 16.2. The quantitative estimate of drug-likeness (QED) is 0.621. The lowest BCUT2D eigenvalue weighted by atomic mass is 10.3. The Kier molecular flexibility index (Phi) is 1.86. The number of carbonyl (C=O) groups is 1. The predicted octanol–water partition coefficient (Wildman–Crippen LogP) is 2.32. The summed E-state index contributed by atoms with van der Waals surface area (Å²) in [5.41, 5.74) is 1.58. The molecule has 0 spiro atoms. The molecule has 16 heavy (non-hydrogen) atoms. The topological polar surface area (TPSA) is 48.0 Å². The minimum atomic E-state index is -0.210. The molecule has 0 atom stereocenters. The molecule has 3 rings (SSSR count). The molecule has 3 aromatic rings. The third-order valence-corrected chi connectivity index (χ3v) is 2.40. The van der Waals surface area contributed by atoms with E-state index in [4.69, 9.17) is 4.42 Å². The van der Waals surface area contributed by atoms with Gasteiger partial charge in [0.15, 0.2) is 5.76 Å². The molecule has 4 heteroatoms. The highest BCUT2D eigenvalue weighted by Gasteiger charge is 2.13. The second-order valence-electron chi connectivity index (χ2n) is 3.39. The van der Waals surface area contributed by atoms with Gasteiger partial charge in [-0.2, -0.15) is 0 Å². The average molecular weight is 212 g/mol. The van der Waals surface area contributed by atoms with Crippen LogP contribution in [0.25, 0.3) is 11.0 Å². The minimum absolute atomic E-state index is 0.210. The van der Waals surface area contributed by atoms with Crippen molar-refractivity contribution in [2.45, 2.75) is 0 Å². The number of nitrogens with zero attached hydrogens (tertiary/aromatic N) is 2. The highest BCUT2D eigenvalue weighted by atomic mass is 16.3. The Labute approximate surface area is 91.1 Å². The first-order valence-corrected chi connectivity index (χ1v) is 4.86. The highest BCUT2D eigenvalue weighted by molar-refractivity contribution is 5.99. The number of carbonyl (C=O) groups excluding carboxylic acids is 1. The van der Waals surface area contributed by atoms with Crippen LogP contribution in [0, 0.1) is 0 Å². The van der Waals surface area contributed by atoms with Crippen LogP contribution in [0.2, 0.25) is 0 Å². The molecule has 0 bridgehead atoms. The van der Waals surface area contributed by atoms with Gasteiger partial charge in [-0.25, -0.2) is 4.98 Å². The summed E-state index contributed by atoms with van der Waals surface area (Å²) in [5, 5.41) is 0. The maximum absolute atomic E-state index is 12.0. The Morgan fingerprint density at radius 1 is 1.19 bits per heavy atom. The second kappa shape index (κ2) is 3.34. The number of imidazole rings is 1. The fourth-order valence-corrected chi connectivity index (χ4v) is 1.64. The molecule has 2 aromatic heterocycles. The number of aromatic nitrogens is 2. The van der Waals surface area contributed by atoms with Gasteiger partial charge in [0, 0.05) is 0 Å². The highest BCUT2D eigenvalue weighted by Crippen LogP contribution is 2.14. The first-order valence-electron chi connectivity index (χ1n) is 4.86. The average Bonchev–Trinajstić information content (AvgIpc) is 2.98. The van der Waals surface area contributed by atoms with Crippen LogP contribution in [0.15, 0.2) is 53.4 Å². The molecule has 0 unspecified atom stereocenters. The summed E-state index contributed by atoms with van der Waals surface area (Å²) >= 11 is 0. The van der Waals surface area contributed by atoms with E-state index in [9.17, 15) is 4.79 Å². The third-order valence-electron chi connectivity index (χ3n) is 2.40. The van der Waals surface area contributed by atoms with Gasteiger partial charge < -0.3 is 4.42 Å². The molecule has 0 radical (unpaired) electrons. The first kappa shape index (κ1) is 8.91. The second-order valence-corrected chi connectivity index (χ2v) is 3.39. The zero-order valence-corrected chi connectivity index (χ0v) is 8.33. The van der Waals surface area contributed by atoms with Crippen LogP contribution in [0.3, 0.4) is 0 Å². The third kappa shape index (κ3) is 1.24. The lowest BCUT2D eigenvalue weighted by Crippen LogP contribution is -2.09. The van der Waals surface area contributed by atoms with Crippen molar-refractivity contribution in [3.8, 4) is 0 Å². The predicted molar refractivity (Wildman–Crippen MR) is 58.2 cm³/mol. The molecule has 0 aliphatic heterocycles. The first-order chi connectivity index (χ1) is 7.86. The number of para-hydroxylation sites is 2. The van der Waals surface area contributed by atoms with E-state index >= 15 is 0 Å². The molecule has 1 aromatic carbocycles. The number of benzene rings is 1. The van der Waals surface area contributed by atoms with E-state index in [0.717, 1.165) is 11.0 Å². The largest absolute Gasteiger partial charge is 0.459 e. The number of fused-ring (bicyclic) bond motifs is 1. The van der Waals surface area contributed by atoms with Gasteiger partial charge in [-0.15, -0.1) is 0 Å². The summed E-state index contributed by atoms with van der Waals surface area (Å²) in [6, 6.07) is 10.8. The number of furan rings is 1. The summed E-state index contributed by atoms with van der Waals surface area (Å²) in [6.45, 7) is 0. The van der Waals surface area contributed by atoms with E-state index in [1.807, 2.05) is 24.3 Å². The van der Waals surface area contributed by atoms with E-state index in [-0.39, 0.29) is 5.91 Å². The van der Waals surface area contributed by atoms with Gasteiger partial charge in [0.05, 0.1) is 17.3 Å². The van der Waals surface area contributed by atoms with Crippen LogP contribution in [-0.4, -0.2) is 15.5 Å². The number of hydrogen-bond donors (Lipinski definition) is 0. The van der Waals surface area contributed by atoms with Crippen molar-refractivity contribution in [2.75, 3.05) is 0 Å². The van der Waals surface area contributed by atoms with Gasteiger partial charge in [-0.05, 0) is 24.3 Å². The molecule has 2 heterocycles. The Hall–Kier alpha value is -2.36. The zero-order chi connectivity index (χ0) is 11.0. The van der Waals surface area contributed by atoms with Crippen molar-refractivity contribution in [1.29, 1.82) is 0 Å². The fourth-order valence-electron chi connectivity index (χ4n) is 1.64. The summed E-state index contributed by atoms with van der Waals surface area (Å²) in [7, 11) is 0. The van der Waals surface area contributed by atoms with Crippen molar-refractivity contribution >= 4 is 16.9 Å². The molecule has 78 valence electrons. The summed E-state index contributed by atoms with van der Waals surface area (Å²) < 4.78 is 6.55. The van der Waals surface area contributed by atoms with Crippen molar-refractivity contribution in [3.05, 3.63) is 54.7 Å². The summed E-state index contributed by atoms with van der Waals surface area (Å²) in [5.74, 6) is 0.0989. The molecule has 0 fully saturated rings. The Morgan fingerprint density at radius 3 is 2.88 bits per heavy atom. The lowest BCUT2D eigenvalue weighted by Gasteiger charge is -1.98. The van der Waals surface area contributed by atoms with Crippen LogP contribution in [0.5, 0.6) is 0 Å². The standard InChI is InChI=1S/C12H8N2O2/c15-12(11-6-3-7-16-11)14-8-13-9-4-1-2-5-10(9)14/h1-8H. The van der Waals surface area contributed by atoms with Gasteiger partial charge in [0.1, 0.15) is 6.33 Å². The normalized spacial score (nSPS) is 10.8. The van der Waals surface area contributed by atoms with Crippen molar-refractivity contribution < 1.29 is 9.21 Å². The molecule has 0 amide bonds. The molecular formula is C12H8N2O2. The number of hydrogen-bond acceptors (Lipinski definition) is 3. The molecule has 4 nitrogen and oxygen atoms in total. The van der Waals surface area contributed by atoms with Crippen molar-refractivity contribution in [1.82, 2.24) is 9.55 Å². The van der Waals surface area contributed by atoms with E-state index in [1.165, 1.54) is 17.2 Å². The fraction of sp³-hybridized carbons (Fsp3) is 0. The van der Waals surface area contributed by atoms with Crippen molar-refractivity contribution in [2.24, 2.45) is 0 Å². The number of rotatable bonds is 1. The van der Waals surface area contributed by atoms with Crippen molar-refractivity contribution in [3.63, 3.8) is 0 Å². The van der Waals surface area contributed by atoms with Gasteiger partial charge in [0.25, 0.3) is 5.91 Å². The van der Waals surface area contributed by atoms with E-state index in [0.29, 0.717) is 5.76 Å². The van der Waals surface area contributed by atoms with Gasteiger partial charge in [-0.1, -0.05) is 12.1 Å². The minimum Gasteiger partial charge on any atom is -0.459 e. The molecular weight excluding hydrogens is 204 g/mol. The van der Waals surface area contributed by atoms with Gasteiger partial charge in [-0.3, -0.25) is 9.36 Å². The van der Waals surface area contributed by atoms with Crippen LogP contribution in [0.1, 0.15) is 10.6 Å². The van der Waals surface area contributed by atoms with Gasteiger partial charge >= 0.3 is 0 Å². The SMILES string of the molecule is O=C(c1ccco1)n1cnc2ccccc21. The lowest BCUT2D eigenvalue weighted by molar-refractivity contribution is 0.0937. The van der Waals surface area contributed by atoms with Crippen LogP contribution in [-0.2, 0) is 0 Å². The summed E-state index contributed by atoms with van der Waals surface area (Å²) in [6.07, 6.45) is 2.99. The van der Waals surface area contributed by atoms with Gasteiger partial charge in [0.2, 0.25) is 0 Å². The Morgan fingerprint density at radius 2 is 2.06 bits per heavy atom. The van der Waals surface area contributed by atoms with E-state index in [2.05, 4.69) is 4.98 Å². The Bertz CT molecular complexity index is 638. The molecule has 0 saturated heterocycles. The maximum atomic E-state index is 12.0. The smallest absolute Gasteiger partial charge is 0.299 e. The maximum Gasteiger partial charge on any atom is 0.299 e. The molecule has 0 aliphatic rings. The van der Waals surface area contributed by atoms with E-state index in [1.54, 1.807) is 12.1 Å². The molecule has 0 saturated carbocycles. The monoisotopic (exact) mass is 212 g/mol. The Balaban J connectivity index is 2.16. The molecule has 0 N–H and O–H groups in total. The zero-order valence-electron chi connectivity index (χ0n) is 8.33. The van der Waals surface area contributed by atoms with E-state index < -0.39 is 0 Å². The molecule has 0 aliphatic carbocycles.